The number of guanidine groups is 1. The molecule has 1 aromatic rings. The summed E-state index contributed by atoms with van der Waals surface area (Å²) in [5, 5.41) is 5.15. The molecule has 0 spiro atoms. The van der Waals surface area contributed by atoms with E-state index in [4.69, 9.17) is 14.2 Å². The zero-order chi connectivity index (χ0) is 40.5. The van der Waals surface area contributed by atoms with E-state index in [0.29, 0.717) is 57.6 Å². The molecule has 5 aliphatic rings. The maximum Gasteiger partial charge on any atom is 0.413 e. The van der Waals surface area contributed by atoms with Gasteiger partial charge in [0.25, 0.3) is 0 Å². The van der Waals surface area contributed by atoms with E-state index >= 15 is 0 Å². The van der Waals surface area contributed by atoms with Crippen LogP contribution in [0.2, 0.25) is 0 Å². The summed E-state index contributed by atoms with van der Waals surface area (Å²) < 4.78 is 16.8. The second-order valence-corrected chi connectivity index (χ2v) is 17.1. The van der Waals surface area contributed by atoms with E-state index in [0.717, 1.165) is 94.9 Å². The summed E-state index contributed by atoms with van der Waals surface area (Å²) in [5.41, 5.74) is 1.27. The minimum absolute atomic E-state index is 0.0922. The second-order valence-electron chi connectivity index (χ2n) is 17.1. The third-order valence-corrected chi connectivity index (χ3v) is 12.8. The fourth-order valence-corrected chi connectivity index (χ4v) is 9.17. The standard InChI is InChI=1S/C44H66N6O8/c51-39-37(22-13-24-45-41(46-42(53)57-31-35-18-9-3-10-19-35)47-43(54)58-32-36-20-11-4-12-21-36)38(40(52)56-30-34-16-7-2-8-17-34)50(39)44(55)49-28-26-48(27-29-49)25-23-33-14-5-1-6-15-33/h1,5-6,14-15,34-38H,2-4,7-13,16-32H2,(H2,45,46,47,53,54)/t37-,38?/m1/s1. The molecule has 2 aliphatic heterocycles. The molecule has 1 aromatic carbocycles. The van der Waals surface area contributed by atoms with Gasteiger partial charge >= 0.3 is 24.2 Å². The predicted octanol–water partition coefficient (Wildman–Crippen LogP) is 6.67. The molecule has 2 saturated heterocycles. The Hall–Kier alpha value is -4.20. The Morgan fingerprint density at radius 2 is 1.19 bits per heavy atom. The predicted molar refractivity (Wildman–Crippen MR) is 219 cm³/mol. The zero-order valence-electron chi connectivity index (χ0n) is 34.4. The molecule has 6 rings (SSSR count). The number of amides is 5. The lowest BCUT2D eigenvalue weighted by Gasteiger charge is -2.47. The van der Waals surface area contributed by atoms with Crippen molar-refractivity contribution in [1.82, 2.24) is 25.3 Å². The number of hydrogen-bond acceptors (Lipinski definition) is 10. The Morgan fingerprint density at radius 1 is 0.672 bits per heavy atom. The van der Waals surface area contributed by atoms with Gasteiger partial charge in [-0.05, 0) is 81.1 Å². The molecule has 5 fully saturated rings. The minimum Gasteiger partial charge on any atom is -0.464 e. The van der Waals surface area contributed by atoms with Crippen molar-refractivity contribution in [2.45, 2.75) is 122 Å². The summed E-state index contributed by atoms with van der Waals surface area (Å²) in [4.78, 5) is 76.4. The van der Waals surface area contributed by atoms with Crippen molar-refractivity contribution in [2.24, 2.45) is 28.7 Å². The van der Waals surface area contributed by atoms with Crippen LogP contribution in [-0.2, 0) is 30.2 Å². The van der Waals surface area contributed by atoms with Crippen LogP contribution in [-0.4, -0.2) is 116 Å². The van der Waals surface area contributed by atoms with Crippen molar-refractivity contribution in [3.63, 3.8) is 0 Å². The van der Waals surface area contributed by atoms with Crippen LogP contribution >= 0.6 is 0 Å². The maximum atomic E-state index is 13.9. The molecule has 2 N–H and O–H groups in total. The monoisotopic (exact) mass is 806 g/mol. The van der Waals surface area contributed by atoms with Crippen molar-refractivity contribution in [1.29, 1.82) is 0 Å². The van der Waals surface area contributed by atoms with Crippen LogP contribution in [0.15, 0.2) is 35.3 Å². The van der Waals surface area contributed by atoms with E-state index in [9.17, 15) is 24.0 Å². The number of benzene rings is 1. The number of imide groups is 1. The second kappa shape index (κ2) is 22.8. The van der Waals surface area contributed by atoms with Gasteiger partial charge in [0.2, 0.25) is 11.9 Å². The highest BCUT2D eigenvalue weighted by molar-refractivity contribution is 6.08. The molecule has 0 radical (unpaired) electrons. The smallest absolute Gasteiger partial charge is 0.413 e. The number of likely N-dealkylation sites (tertiary alicyclic amines) is 1. The number of aliphatic imine (C=N–C) groups is 1. The number of ether oxygens (including phenoxy) is 3. The van der Waals surface area contributed by atoms with E-state index in [2.05, 4.69) is 32.7 Å². The Bertz CT molecular complexity index is 1480. The molecule has 2 atom stereocenters. The average molecular weight is 807 g/mol. The molecule has 14 heteroatoms. The van der Waals surface area contributed by atoms with Gasteiger partial charge in [0, 0.05) is 39.3 Å². The topological polar surface area (TPSA) is 159 Å². The lowest BCUT2D eigenvalue weighted by molar-refractivity contribution is -0.171. The number of nitrogens with one attached hydrogen (secondary N) is 2. The summed E-state index contributed by atoms with van der Waals surface area (Å²) in [6.07, 6.45) is 16.5. The summed E-state index contributed by atoms with van der Waals surface area (Å²) in [6, 6.07) is 8.85. The van der Waals surface area contributed by atoms with Crippen LogP contribution < -0.4 is 10.6 Å². The van der Waals surface area contributed by atoms with Gasteiger partial charge in [-0.25, -0.2) is 24.1 Å². The fraction of sp³-hybridized carbons (Fsp3) is 0.727. The number of esters is 1. The minimum atomic E-state index is -1.01. The van der Waals surface area contributed by atoms with Gasteiger partial charge in [0.15, 0.2) is 6.04 Å². The first-order chi connectivity index (χ1) is 28.3. The number of carbonyl (C=O) groups excluding carboxylic acids is 5. The number of urea groups is 1. The average Bonchev–Trinajstić information content (AvgIpc) is 3.26. The summed E-state index contributed by atoms with van der Waals surface area (Å²) in [7, 11) is 0. The van der Waals surface area contributed by atoms with Gasteiger partial charge in [-0.3, -0.25) is 25.3 Å². The number of β-lactam (4-membered cyclic amide) rings is 1. The Morgan fingerprint density at radius 3 is 1.72 bits per heavy atom. The number of nitrogens with zero attached hydrogens (tertiary/aromatic N) is 4. The highest BCUT2D eigenvalue weighted by Crippen LogP contribution is 2.34. The first kappa shape index (κ1) is 43.4. The first-order valence-electron chi connectivity index (χ1n) is 22.3. The van der Waals surface area contributed by atoms with Crippen molar-refractivity contribution in [3.8, 4) is 0 Å². The molecular weight excluding hydrogens is 741 g/mol. The number of carbonyl (C=O) groups is 5. The van der Waals surface area contributed by atoms with Gasteiger partial charge in [0.05, 0.1) is 25.7 Å². The lowest BCUT2D eigenvalue weighted by Crippen LogP contribution is -2.69. The third kappa shape index (κ3) is 13.2. The molecule has 2 heterocycles. The van der Waals surface area contributed by atoms with Gasteiger partial charge < -0.3 is 19.1 Å². The zero-order valence-corrected chi connectivity index (χ0v) is 34.4. The molecule has 320 valence electrons. The van der Waals surface area contributed by atoms with Crippen molar-refractivity contribution >= 4 is 36.1 Å². The molecule has 1 unspecified atom stereocenters. The van der Waals surface area contributed by atoms with Gasteiger partial charge in [-0.15, -0.1) is 0 Å². The van der Waals surface area contributed by atoms with Crippen molar-refractivity contribution in [3.05, 3.63) is 35.9 Å². The van der Waals surface area contributed by atoms with E-state index in [1.807, 2.05) is 18.2 Å². The summed E-state index contributed by atoms with van der Waals surface area (Å²) in [6.45, 7) is 4.21. The SMILES string of the molecule is O=C(NC(=NCCC[C@H]1C(=O)N(C(=O)N2CCN(CCc3ccccc3)CC2)C1C(=O)OCC1CCCCC1)NC(=O)OCC1CCCCC1)OCC1CCCCC1. The van der Waals surface area contributed by atoms with E-state index in [1.165, 1.54) is 24.8 Å². The molecule has 3 saturated carbocycles. The largest absolute Gasteiger partial charge is 0.464 e. The summed E-state index contributed by atoms with van der Waals surface area (Å²) in [5.74, 6) is -0.848. The Labute approximate surface area is 344 Å². The molecule has 0 aromatic heterocycles. The van der Waals surface area contributed by atoms with Crippen LogP contribution in [0.25, 0.3) is 0 Å². The Balaban J connectivity index is 1.04. The van der Waals surface area contributed by atoms with E-state index in [-0.39, 0.29) is 31.4 Å². The molecular formula is C44H66N6O8. The van der Waals surface area contributed by atoms with Gasteiger partial charge in [0.1, 0.15) is 0 Å². The molecule has 58 heavy (non-hydrogen) atoms. The molecule has 3 aliphatic carbocycles. The molecule has 14 nitrogen and oxygen atoms in total. The number of rotatable bonds is 14. The lowest BCUT2D eigenvalue weighted by atomic mass is 9.83. The van der Waals surface area contributed by atoms with Crippen LogP contribution in [0.5, 0.6) is 0 Å². The normalized spacial score (nSPS) is 22.4. The first-order valence-corrected chi connectivity index (χ1v) is 22.3. The van der Waals surface area contributed by atoms with Crippen LogP contribution in [0.3, 0.4) is 0 Å². The molecule has 0 bridgehead atoms. The van der Waals surface area contributed by atoms with Crippen LogP contribution in [0, 0.1) is 23.7 Å². The number of hydrogen-bond donors (Lipinski definition) is 2. The maximum absolute atomic E-state index is 13.9. The highest BCUT2D eigenvalue weighted by Gasteiger charge is 2.56. The van der Waals surface area contributed by atoms with Crippen molar-refractivity contribution < 1.29 is 38.2 Å². The summed E-state index contributed by atoms with van der Waals surface area (Å²) >= 11 is 0. The van der Waals surface area contributed by atoms with Crippen molar-refractivity contribution in [2.75, 3.05) is 59.1 Å². The van der Waals surface area contributed by atoms with E-state index < -0.39 is 42.1 Å². The fourth-order valence-electron chi connectivity index (χ4n) is 9.17. The number of alkyl carbamates (subject to hydrolysis) is 2. The van der Waals surface area contributed by atoms with Crippen LogP contribution in [0.1, 0.15) is 115 Å². The number of piperazine rings is 1. The highest BCUT2D eigenvalue weighted by atomic mass is 16.6. The van der Waals surface area contributed by atoms with Gasteiger partial charge in [-0.1, -0.05) is 88.1 Å². The quantitative estimate of drug-likeness (QED) is 0.0523. The third-order valence-electron chi connectivity index (χ3n) is 12.8. The van der Waals surface area contributed by atoms with Crippen LogP contribution in [0.4, 0.5) is 14.4 Å². The molecule has 5 amide bonds. The van der Waals surface area contributed by atoms with E-state index in [1.54, 1.807) is 4.90 Å². The van der Waals surface area contributed by atoms with Gasteiger partial charge in [-0.2, -0.15) is 0 Å². The Kier molecular flexibility index (Phi) is 17.1.